The Balaban J connectivity index is 2.26. The normalized spacial score (nSPS) is 13.3. The molecule has 0 radical (unpaired) electrons. The Bertz CT molecular complexity index is 298. The van der Waals surface area contributed by atoms with Gasteiger partial charge in [0.1, 0.15) is 5.82 Å². The second-order valence-electron chi connectivity index (χ2n) is 4.56. The lowest BCUT2D eigenvalue weighted by molar-refractivity contribution is 0.288. The molecule has 92 valence electrons. The smallest absolute Gasteiger partial charge is 0.122 e. The maximum absolute atomic E-state index is 4.33. The Hall–Kier alpha value is -0.350. The summed E-state index contributed by atoms with van der Waals surface area (Å²) in [5, 5.41) is 1.11. The number of hydrogen-bond donors (Lipinski definition) is 0. The van der Waals surface area contributed by atoms with Gasteiger partial charge in [-0.2, -0.15) is 0 Å². The summed E-state index contributed by atoms with van der Waals surface area (Å²) in [5.74, 6) is 1.93. The van der Waals surface area contributed by atoms with Gasteiger partial charge in [-0.1, -0.05) is 22.9 Å². The van der Waals surface area contributed by atoms with Gasteiger partial charge in [0.2, 0.25) is 0 Å². The molecule has 0 saturated carbocycles. The summed E-state index contributed by atoms with van der Waals surface area (Å²) < 4.78 is 2.08. The Morgan fingerprint density at radius 1 is 1.50 bits per heavy atom. The lowest BCUT2D eigenvalue weighted by Crippen LogP contribution is -2.22. The standard InChI is InChI=1S/C12H22BrN3/c1-11(4-6-13)5-8-15(2)10-12-14-7-9-16(12)3/h7,9,11H,4-6,8,10H2,1-3H3. The van der Waals surface area contributed by atoms with Crippen molar-refractivity contribution in [2.24, 2.45) is 13.0 Å². The number of nitrogens with zero attached hydrogens (tertiary/aromatic N) is 3. The van der Waals surface area contributed by atoms with Gasteiger partial charge in [-0.15, -0.1) is 0 Å². The third-order valence-corrected chi connectivity index (χ3v) is 3.40. The van der Waals surface area contributed by atoms with Crippen molar-refractivity contribution in [2.45, 2.75) is 26.3 Å². The molecular formula is C12H22BrN3. The van der Waals surface area contributed by atoms with Gasteiger partial charge in [0.15, 0.2) is 0 Å². The van der Waals surface area contributed by atoms with Gasteiger partial charge in [0.05, 0.1) is 6.54 Å². The number of hydrogen-bond acceptors (Lipinski definition) is 2. The summed E-state index contributed by atoms with van der Waals surface area (Å²) in [7, 11) is 4.21. The van der Waals surface area contributed by atoms with Crippen molar-refractivity contribution >= 4 is 15.9 Å². The average molecular weight is 288 g/mol. The highest BCUT2D eigenvalue weighted by molar-refractivity contribution is 9.09. The summed E-state index contributed by atoms with van der Waals surface area (Å²) in [4.78, 5) is 6.67. The molecule has 1 rings (SSSR count). The summed E-state index contributed by atoms with van der Waals surface area (Å²) in [6, 6.07) is 0. The zero-order valence-electron chi connectivity index (χ0n) is 10.5. The van der Waals surface area contributed by atoms with Crippen LogP contribution in [0.2, 0.25) is 0 Å². The van der Waals surface area contributed by atoms with E-state index >= 15 is 0 Å². The Morgan fingerprint density at radius 2 is 2.25 bits per heavy atom. The van der Waals surface area contributed by atoms with E-state index in [9.17, 15) is 0 Å². The molecule has 0 aromatic carbocycles. The van der Waals surface area contributed by atoms with E-state index in [4.69, 9.17) is 0 Å². The molecule has 1 atom stereocenters. The number of aryl methyl sites for hydroxylation is 1. The van der Waals surface area contributed by atoms with E-state index in [0.717, 1.165) is 30.2 Å². The quantitative estimate of drug-likeness (QED) is 0.719. The molecule has 1 aromatic heterocycles. The summed E-state index contributed by atoms with van der Waals surface area (Å²) in [5.41, 5.74) is 0. The number of halogens is 1. The first-order valence-electron chi connectivity index (χ1n) is 5.84. The third kappa shape index (κ3) is 4.66. The van der Waals surface area contributed by atoms with Crippen LogP contribution in [0, 0.1) is 5.92 Å². The second-order valence-corrected chi connectivity index (χ2v) is 5.36. The molecule has 16 heavy (non-hydrogen) atoms. The van der Waals surface area contributed by atoms with Crippen LogP contribution in [0.15, 0.2) is 12.4 Å². The number of imidazole rings is 1. The molecule has 1 heterocycles. The minimum absolute atomic E-state index is 0.795. The van der Waals surface area contributed by atoms with E-state index in [1.807, 2.05) is 19.4 Å². The second kappa shape index (κ2) is 7.07. The van der Waals surface area contributed by atoms with Crippen LogP contribution >= 0.6 is 15.9 Å². The Kier molecular flexibility index (Phi) is 6.06. The van der Waals surface area contributed by atoms with Gasteiger partial charge in [0, 0.05) is 24.8 Å². The van der Waals surface area contributed by atoms with Crippen molar-refractivity contribution in [3.63, 3.8) is 0 Å². The zero-order chi connectivity index (χ0) is 12.0. The molecule has 0 spiro atoms. The summed E-state index contributed by atoms with van der Waals surface area (Å²) >= 11 is 3.49. The van der Waals surface area contributed by atoms with Crippen molar-refractivity contribution < 1.29 is 0 Å². The van der Waals surface area contributed by atoms with Crippen LogP contribution in [0.1, 0.15) is 25.6 Å². The summed E-state index contributed by atoms with van der Waals surface area (Å²) in [6.07, 6.45) is 6.37. The third-order valence-electron chi connectivity index (χ3n) is 2.94. The van der Waals surface area contributed by atoms with Crippen LogP contribution in [-0.4, -0.2) is 33.4 Å². The molecule has 1 aromatic rings. The molecule has 1 unspecified atom stereocenters. The largest absolute Gasteiger partial charge is 0.337 e. The van der Waals surface area contributed by atoms with E-state index in [0.29, 0.717) is 0 Å². The van der Waals surface area contributed by atoms with Crippen molar-refractivity contribution in [2.75, 3.05) is 18.9 Å². The first kappa shape index (κ1) is 13.7. The first-order chi connectivity index (χ1) is 7.63. The predicted molar refractivity (Wildman–Crippen MR) is 71.7 cm³/mol. The monoisotopic (exact) mass is 287 g/mol. The lowest BCUT2D eigenvalue weighted by Gasteiger charge is -2.18. The fraction of sp³-hybridized carbons (Fsp3) is 0.750. The predicted octanol–water partition coefficient (Wildman–Crippen LogP) is 2.66. The minimum atomic E-state index is 0.795. The lowest BCUT2D eigenvalue weighted by atomic mass is 10.1. The molecule has 0 aliphatic carbocycles. The molecule has 0 fully saturated rings. The summed E-state index contributed by atoms with van der Waals surface area (Å²) in [6.45, 7) is 4.39. The van der Waals surface area contributed by atoms with Crippen LogP contribution in [-0.2, 0) is 13.6 Å². The van der Waals surface area contributed by atoms with Crippen molar-refractivity contribution in [3.8, 4) is 0 Å². The highest BCUT2D eigenvalue weighted by Crippen LogP contribution is 2.10. The van der Waals surface area contributed by atoms with Gasteiger partial charge >= 0.3 is 0 Å². The molecule has 4 heteroatoms. The first-order valence-corrected chi connectivity index (χ1v) is 6.96. The van der Waals surface area contributed by atoms with Gasteiger partial charge in [-0.25, -0.2) is 4.98 Å². The molecule has 0 aliphatic heterocycles. The molecule has 0 bridgehead atoms. The van der Waals surface area contributed by atoms with Crippen LogP contribution in [0.5, 0.6) is 0 Å². The van der Waals surface area contributed by atoms with Crippen molar-refractivity contribution in [3.05, 3.63) is 18.2 Å². The van der Waals surface area contributed by atoms with E-state index in [1.165, 1.54) is 12.8 Å². The van der Waals surface area contributed by atoms with Gasteiger partial charge in [0.25, 0.3) is 0 Å². The Labute approximate surface area is 107 Å². The molecular weight excluding hydrogens is 266 g/mol. The molecule has 0 N–H and O–H groups in total. The highest BCUT2D eigenvalue weighted by atomic mass is 79.9. The van der Waals surface area contributed by atoms with E-state index in [2.05, 4.69) is 44.4 Å². The zero-order valence-corrected chi connectivity index (χ0v) is 12.1. The molecule has 3 nitrogen and oxygen atoms in total. The van der Waals surface area contributed by atoms with Crippen molar-refractivity contribution in [1.29, 1.82) is 0 Å². The minimum Gasteiger partial charge on any atom is -0.337 e. The maximum Gasteiger partial charge on any atom is 0.122 e. The maximum atomic E-state index is 4.33. The highest BCUT2D eigenvalue weighted by Gasteiger charge is 2.06. The number of alkyl halides is 1. The number of aromatic nitrogens is 2. The fourth-order valence-electron chi connectivity index (χ4n) is 1.64. The van der Waals surface area contributed by atoms with Crippen LogP contribution < -0.4 is 0 Å². The Morgan fingerprint density at radius 3 is 2.81 bits per heavy atom. The van der Waals surface area contributed by atoms with Crippen molar-refractivity contribution in [1.82, 2.24) is 14.5 Å². The SMILES string of the molecule is CC(CCBr)CCN(C)Cc1nccn1C. The molecule has 0 aliphatic rings. The van der Waals surface area contributed by atoms with E-state index < -0.39 is 0 Å². The average Bonchev–Trinajstić information content (AvgIpc) is 2.62. The topological polar surface area (TPSA) is 21.1 Å². The number of rotatable bonds is 7. The van der Waals surface area contributed by atoms with Gasteiger partial charge in [-0.05, 0) is 32.4 Å². The van der Waals surface area contributed by atoms with Crippen LogP contribution in [0.4, 0.5) is 0 Å². The molecule has 0 saturated heterocycles. The van der Waals surface area contributed by atoms with Crippen LogP contribution in [0.3, 0.4) is 0 Å². The fourth-order valence-corrected chi connectivity index (χ4v) is 2.42. The van der Waals surface area contributed by atoms with E-state index in [1.54, 1.807) is 0 Å². The van der Waals surface area contributed by atoms with Gasteiger partial charge < -0.3 is 4.57 Å². The van der Waals surface area contributed by atoms with E-state index in [-0.39, 0.29) is 0 Å². The van der Waals surface area contributed by atoms with Crippen LogP contribution in [0.25, 0.3) is 0 Å². The van der Waals surface area contributed by atoms with Gasteiger partial charge in [-0.3, -0.25) is 4.90 Å². The molecule has 0 amide bonds.